The van der Waals surface area contributed by atoms with Crippen molar-refractivity contribution in [1.29, 1.82) is 0 Å². The summed E-state index contributed by atoms with van der Waals surface area (Å²) in [5.41, 5.74) is 1.38. The quantitative estimate of drug-likeness (QED) is 0.813. The average molecular weight is 234 g/mol. The van der Waals surface area contributed by atoms with E-state index in [-0.39, 0.29) is 0 Å². The van der Waals surface area contributed by atoms with E-state index in [1.165, 1.54) is 54.1 Å². The molecule has 0 amide bonds. The van der Waals surface area contributed by atoms with Crippen molar-refractivity contribution in [3.63, 3.8) is 0 Å². The summed E-state index contributed by atoms with van der Waals surface area (Å²) in [5, 5.41) is 4.87. The van der Waals surface area contributed by atoms with E-state index in [2.05, 4.69) is 17.5 Å². The van der Waals surface area contributed by atoms with Crippen LogP contribution in [0.4, 0.5) is 0 Å². The van der Waals surface area contributed by atoms with Gasteiger partial charge in [-0.05, 0) is 38.5 Å². The van der Waals surface area contributed by atoms with E-state index < -0.39 is 0 Å². The predicted molar refractivity (Wildman–Crippen MR) is 67.8 cm³/mol. The van der Waals surface area contributed by atoms with E-state index >= 15 is 0 Å². The molecule has 2 aliphatic rings. The van der Waals surface area contributed by atoms with Crippen LogP contribution in [0.2, 0.25) is 0 Å². The van der Waals surface area contributed by atoms with Gasteiger partial charge in [0, 0.05) is 17.5 Å². The summed E-state index contributed by atoms with van der Waals surface area (Å²) in [6, 6.07) is 0.576. The number of fused-ring (bicyclic) bond motifs is 1. The first-order chi connectivity index (χ1) is 7.92. The van der Waals surface area contributed by atoms with Crippen LogP contribution in [0, 0.1) is 0 Å². The summed E-state index contributed by atoms with van der Waals surface area (Å²) in [6.45, 7) is 0.951. The van der Waals surface area contributed by atoms with E-state index in [9.17, 15) is 0 Å². The van der Waals surface area contributed by atoms with Gasteiger partial charge in [-0.3, -0.25) is 0 Å². The van der Waals surface area contributed by atoms with Gasteiger partial charge < -0.3 is 5.32 Å². The van der Waals surface area contributed by atoms with Gasteiger partial charge in [-0.15, -0.1) is 11.3 Å². The molecule has 2 nitrogen and oxygen atoms in total. The third-order valence-corrected chi connectivity index (χ3v) is 4.57. The lowest BCUT2D eigenvalue weighted by atomic mass is 10.0. The van der Waals surface area contributed by atoms with Crippen molar-refractivity contribution in [3.05, 3.63) is 27.7 Å². The highest BCUT2D eigenvalue weighted by atomic mass is 32.1. The Labute approximate surface area is 101 Å². The zero-order chi connectivity index (χ0) is 10.8. The molecule has 86 valence electrons. The highest BCUT2D eigenvalue weighted by molar-refractivity contribution is 7.11. The molecular weight excluding hydrogens is 216 g/mol. The zero-order valence-electron chi connectivity index (χ0n) is 9.54. The number of hydrogen-bond donors (Lipinski definition) is 1. The maximum absolute atomic E-state index is 4.71. The number of allylic oxidation sites excluding steroid dienone is 1. The second kappa shape index (κ2) is 4.68. The van der Waals surface area contributed by atoms with Crippen molar-refractivity contribution in [2.45, 2.75) is 51.1 Å². The van der Waals surface area contributed by atoms with Crippen LogP contribution >= 0.6 is 11.3 Å². The Balaban J connectivity index is 1.57. The topological polar surface area (TPSA) is 24.9 Å². The van der Waals surface area contributed by atoms with Crippen molar-refractivity contribution < 1.29 is 0 Å². The van der Waals surface area contributed by atoms with Crippen LogP contribution in [-0.2, 0) is 19.4 Å². The van der Waals surface area contributed by atoms with Crippen LogP contribution in [0.1, 0.15) is 41.3 Å². The third-order valence-electron chi connectivity index (χ3n) is 3.41. The Bertz CT molecular complexity index is 373. The molecule has 0 radical (unpaired) electrons. The average Bonchev–Trinajstić information content (AvgIpc) is 2.88. The van der Waals surface area contributed by atoms with E-state index in [0.717, 1.165) is 6.54 Å². The van der Waals surface area contributed by atoms with Crippen molar-refractivity contribution in [3.8, 4) is 0 Å². The molecule has 0 spiro atoms. The predicted octanol–water partition coefficient (Wildman–Crippen LogP) is 2.83. The number of aryl methyl sites for hydroxylation is 2. The molecule has 0 aliphatic heterocycles. The van der Waals surface area contributed by atoms with E-state index in [1.807, 2.05) is 11.3 Å². The molecule has 1 unspecified atom stereocenters. The molecule has 0 aromatic carbocycles. The van der Waals surface area contributed by atoms with Gasteiger partial charge in [0.25, 0.3) is 0 Å². The molecule has 0 saturated carbocycles. The van der Waals surface area contributed by atoms with Gasteiger partial charge in [-0.2, -0.15) is 0 Å². The summed E-state index contributed by atoms with van der Waals surface area (Å²) in [5.74, 6) is 0. The number of nitrogens with one attached hydrogen (secondary N) is 1. The lowest BCUT2D eigenvalue weighted by Crippen LogP contribution is -2.27. The molecule has 0 saturated heterocycles. The summed E-state index contributed by atoms with van der Waals surface area (Å²) in [6.07, 6.45) is 12.2. The first-order valence-electron chi connectivity index (χ1n) is 6.29. The summed E-state index contributed by atoms with van der Waals surface area (Å²) < 4.78 is 0. The van der Waals surface area contributed by atoms with Crippen LogP contribution in [0.5, 0.6) is 0 Å². The fourth-order valence-corrected chi connectivity index (χ4v) is 3.63. The number of nitrogens with zero attached hydrogens (tertiary/aromatic N) is 1. The maximum Gasteiger partial charge on any atom is 0.107 e. The summed E-state index contributed by atoms with van der Waals surface area (Å²) in [7, 11) is 0. The van der Waals surface area contributed by atoms with E-state index in [0.29, 0.717) is 6.04 Å². The fourth-order valence-electron chi connectivity index (χ4n) is 2.52. The van der Waals surface area contributed by atoms with Crippen molar-refractivity contribution in [1.82, 2.24) is 10.3 Å². The van der Waals surface area contributed by atoms with Gasteiger partial charge in [0.15, 0.2) is 0 Å². The van der Waals surface area contributed by atoms with Crippen LogP contribution in [-0.4, -0.2) is 11.0 Å². The number of hydrogen-bond acceptors (Lipinski definition) is 3. The zero-order valence-corrected chi connectivity index (χ0v) is 10.4. The lowest BCUT2D eigenvalue weighted by Gasteiger charge is -2.16. The second-order valence-electron chi connectivity index (χ2n) is 4.68. The van der Waals surface area contributed by atoms with Crippen molar-refractivity contribution in [2.75, 3.05) is 0 Å². The molecule has 16 heavy (non-hydrogen) atoms. The minimum absolute atomic E-state index is 0.576. The Morgan fingerprint density at radius 2 is 2.38 bits per heavy atom. The number of thiazole rings is 1. The Morgan fingerprint density at radius 3 is 3.19 bits per heavy atom. The monoisotopic (exact) mass is 234 g/mol. The molecule has 3 heteroatoms. The Morgan fingerprint density at radius 1 is 1.38 bits per heavy atom. The molecule has 1 atom stereocenters. The van der Waals surface area contributed by atoms with Crippen molar-refractivity contribution >= 4 is 11.3 Å². The lowest BCUT2D eigenvalue weighted by molar-refractivity contribution is 0.521. The molecule has 1 aromatic rings. The van der Waals surface area contributed by atoms with Gasteiger partial charge in [0.2, 0.25) is 0 Å². The molecule has 1 N–H and O–H groups in total. The molecule has 0 fully saturated rings. The minimum Gasteiger partial charge on any atom is -0.304 e. The smallest absolute Gasteiger partial charge is 0.107 e. The van der Waals surface area contributed by atoms with Gasteiger partial charge in [0.05, 0.1) is 5.69 Å². The highest BCUT2D eigenvalue weighted by Gasteiger charge is 2.17. The van der Waals surface area contributed by atoms with Crippen LogP contribution in [0.25, 0.3) is 0 Å². The van der Waals surface area contributed by atoms with Crippen LogP contribution in [0.3, 0.4) is 0 Å². The first-order valence-corrected chi connectivity index (χ1v) is 7.11. The second-order valence-corrected chi connectivity index (χ2v) is 5.85. The standard InChI is InChI=1S/C13H18N2S/c1-2-5-10(6-3-1)14-9-13-15-11-7-4-8-12(11)16-13/h2,5,10,14H,1,3-4,6-9H2. The summed E-state index contributed by atoms with van der Waals surface area (Å²) in [4.78, 5) is 6.25. The minimum atomic E-state index is 0.576. The number of rotatable bonds is 3. The van der Waals surface area contributed by atoms with E-state index in [4.69, 9.17) is 4.98 Å². The van der Waals surface area contributed by atoms with Crippen LogP contribution < -0.4 is 5.32 Å². The maximum atomic E-state index is 4.71. The van der Waals surface area contributed by atoms with Gasteiger partial charge >= 0.3 is 0 Å². The van der Waals surface area contributed by atoms with Crippen molar-refractivity contribution in [2.24, 2.45) is 0 Å². The normalized spacial score (nSPS) is 23.6. The van der Waals surface area contributed by atoms with Gasteiger partial charge in [-0.25, -0.2) is 4.98 Å². The first kappa shape index (κ1) is 10.5. The molecule has 3 rings (SSSR count). The molecular formula is C13H18N2S. The SMILES string of the molecule is C1=CC(NCc2nc3c(s2)CCC3)CCC1. The van der Waals surface area contributed by atoms with Gasteiger partial charge in [0.1, 0.15) is 5.01 Å². The largest absolute Gasteiger partial charge is 0.304 e. The number of aromatic nitrogens is 1. The van der Waals surface area contributed by atoms with Crippen LogP contribution in [0.15, 0.2) is 12.2 Å². The molecule has 1 aromatic heterocycles. The van der Waals surface area contributed by atoms with Gasteiger partial charge in [-0.1, -0.05) is 12.2 Å². The Hall–Kier alpha value is -0.670. The highest BCUT2D eigenvalue weighted by Crippen LogP contribution is 2.27. The van der Waals surface area contributed by atoms with E-state index in [1.54, 1.807) is 0 Å². The molecule has 2 aliphatic carbocycles. The molecule has 1 heterocycles. The fraction of sp³-hybridized carbons (Fsp3) is 0.615. The Kier molecular flexibility index (Phi) is 3.06. The molecule has 0 bridgehead atoms. The third kappa shape index (κ3) is 2.20. The summed E-state index contributed by atoms with van der Waals surface area (Å²) >= 11 is 1.91.